The molecule has 0 aromatic carbocycles. The first-order valence-corrected chi connectivity index (χ1v) is 2.10. The fourth-order valence-electron chi connectivity index (χ4n) is 0. The molecule has 0 rings (SSSR count). The van der Waals surface area contributed by atoms with Crippen LogP contribution in [0.3, 0.4) is 0 Å². The highest BCUT2D eigenvalue weighted by atomic mass is 127. The minimum Gasteiger partial charge on any atom is -0.344 e. The molecule has 8 heavy (non-hydrogen) atoms. The molecule has 0 saturated carbocycles. The van der Waals surface area contributed by atoms with E-state index in [1.165, 1.54) is 0 Å². The van der Waals surface area contributed by atoms with Gasteiger partial charge in [0.15, 0.2) is 0 Å². The smallest absolute Gasteiger partial charge is 0.344 e. The van der Waals surface area contributed by atoms with E-state index in [4.69, 9.17) is 17.5 Å². The molecule has 8 N–H and O–H groups in total. The molecule has 0 spiro atoms. The van der Waals surface area contributed by atoms with Gasteiger partial charge in [-0.3, -0.25) is 9.11 Å². The highest BCUT2D eigenvalue weighted by Gasteiger charge is 1.84. The van der Waals surface area contributed by atoms with Crippen molar-refractivity contribution in [3.63, 3.8) is 0 Å². The van der Waals surface area contributed by atoms with E-state index in [2.05, 4.69) is 0 Å². The number of rotatable bonds is 0. The summed E-state index contributed by atoms with van der Waals surface area (Å²) in [6.07, 6.45) is 0. The second kappa shape index (κ2) is 7.52. The fraction of sp³-hybridized carbons (Fsp3) is 0. The van der Waals surface area contributed by atoms with Crippen LogP contribution < -0.4 is 12.3 Å². The predicted octanol–water partition coefficient (Wildman–Crippen LogP) is 0.289. The maximum atomic E-state index is 8.74. The van der Waals surface area contributed by atoms with Crippen LogP contribution in [0.15, 0.2) is 0 Å². The van der Waals surface area contributed by atoms with Gasteiger partial charge in [0.2, 0.25) is 0 Å². The van der Waals surface area contributed by atoms with Gasteiger partial charge < -0.3 is 12.3 Å². The summed E-state index contributed by atoms with van der Waals surface area (Å²) in [6.45, 7) is 0. The van der Waals surface area contributed by atoms with Gasteiger partial charge in [-0.2, -0.15) is 8.42 Å². The molecule has 0 atom stereocenters. The third-order valence-corrected chi connectivity index (χ3v) is 0. The predicted molar refractivity (Wildman–Crippen MR) is 39.6 cm³/mol. The summed E-state index contributed by atoms with van der Waals surface area (Å²) in [7, 11) is -4.67. The molecule has 0 aliphatic heterocycles. The van der Waals surface area contributed by atoms with Crippen molar-refractivity contribution in [2.45, 2.75) is 0 Å². The van der Waals surface area contributed by atoms with Gasteiger partial charge in [0.05, 0.1) is 0 Å². The monoisotopic (exact) mass is 260 g/mol. The molecule has 0 saturated heterocycles. The van der Waals surface area contributed by atoms with E-state index in [0.717, 1.165) is 0 Å². The minimum atomic E-state index is -4.67. The van der Waals surface area contributed by atoms with Gasteiger partial charge in [0.25, 0.3) is 0 Å². The fourth-order valence-corrected chi connectivity index (χ4v) is 0. The molecule has 0 radical (unpaired) electrons. The highest BCUT2D eigenvalue weighted by Crippen LogP contribution is 1.59. The van der Waals surface area contributed by atoms with E-state index in [1.807, 2.05) is 0 Å². The normalized spacial score (nSPS) is 7.25. The Morgan fingerprint density at radius 3 is 1.00 bits per heavy atom. The molecule has 0 aliphatic rings. The van der Waals surface area contributed by atoms with Crippen molar-refractivity contribution in [1.29, 1.82) is 0 Å². The van der Waals surface area contributed by atoms with Crippen LogP contribution in [-0.2, 0) is 10.4 Å². The van der Waals surface area contributed by atoms with Crippen molar-refractivity contribution in [3.8, 4) is 0 Å². The first-order valence-electron chi connectivity index (χ1n) is 0.698. The van der Waals surface area contributed by atoms with Crippen molar-refractivity contribution in [2.75, 3.05) is 0 Å². The summed E-state index contributed by atoms with van der Waals surface area (Å²) >= 11 is 0. The van der Waals surface area contributed by atoms with Crippen LogP contribution in [0.4, 0.5) is 0 Å². The SMILES string of the molecule is I.N.N.O=S(=O)(O)O. The molecule has 0 bridgehead atoms. The van der Waals surface area contributed by atoms with E-state index in [1.54, 1.807) is 0 Å². The van der Waals surface area contributed by atoms with E-state index in [0.29, 0.717) is 0 Å². The zero-order valence-electron chi connectivity index (χ0n) is 3.94. The van der Waals surface area contributed by atoms with Gasteiger partial charge in [0, 0.05) is 0 Å². The lowest BCUT2D eigenvalue weighted by Gasteiger charge is -1.68. The summed E-state index contributed by atoms with van der Waals surface area (Å²) in [5, 5.41) is 0. The Hall–Kier alpha value is 0.520. The Balaban J connectivity index is -0.0000000267. The average molecular weight is 260 g/mol. The number of hydrogen-bond donors (Lipinski definition) is 4. The lowest BCUT2D eigenvalue weighted by Crippen LogP contribution is -1.89. The Labute approximate surface area is 64.4 Å². The Morgan fingerprint density at radius 1 is 1.00 bits per heavy atom. The topological polar surface area (TPSA) is 145 Å². The van der Waals surface area contributed by atoms with E-state index < -0.39 is 10.4 Å². The second-order valence-electron chi connectivity index (χ2n) is 0.448. The maximum absolute atomic E-state index is 8.74. The minimum absolute atomic E-state index is 0. The van der Waals surface area contributed by atoms with Crippen molar-refractivity contribution >= 4 is 34.4 Å². The molecular formula is H9IN2O4S. The van der Waals surface area contributed by atoms with Crippen LogP contribution in [0.1, 0.15) is 0 Å². The zero-order chi connectivity index (χ0) is 4.50. The van der Waals surface area contributed by atoms with Crippen LogP contribution in [0, 0.1) is 0 Å². The molecule has 0 fully saturated rings. The molecule has 0 aromatic heterocycles. The third kappa shape index (κ3) is 735. The Bertz CT molecular complexity index is 97.2. The molecule has 0 aliphatic carbocycles. The second-order valence-corrected chi connectivity index (χ2v) is 1.34. The molecular weight excluding hydrogens is 251 g/mol. The first kappa shape index (κ1) is 23.6. The van der Waals surface area contributed by atoms with Crippen molar-refractivity contribution < 1.29 is 17.5 Å². The van der Waals surface area contributed by atoms with Crippen LogP contribution in [-0.4, -0.2) is 17.5 Å². The van der Waals surface area contributed by atoms with Gasteiger partial charge in [0.1, 0.15) is 0 Å². The average Bonchev–Trinajstić information content (AvgIpc) is 0.722. The van der Waals surface area contributed by atoms with E-state index in [9.17, 15) is 0 Å². The first-order chi connectivity index (χ1) is 2.00. The van der Waals surface area contributed by atoms with Crippen LogP contribution in [0.2, 0.25) is 0 Å². The van der Waals surface area contributed by atoms with Crippen molar-refractivity contribution in [3.05, 3.63) is 0 Å². The molecule has 0 amide bonds. The van der Waals surface area contributed by atoms with Crippen LogP contribution in [0.25, 0.3) is 0 Å². The maximum Gasteiger partial charge on any atom is 0.394 e. The van der Waals surface area contributed by atoms with Gasteiger partial charge in [-0.25, -0.2) is 0 Å². The van der Waals surface area contributed by atoms with Crippen LogP contribution in [0.5, 0.6) is 0 Å². The molecule has 0 heterocycles. The molecule has 8 heteroatoms. The lowest BCUT2D eigenvalue weighted by molar-refractivity contribution is 0.381. The molecule has 0 unspecified atom stereocenters. The van der Waals surface area contributed by atoms with Crippen LogP contribution >= 0.6 is 24.0 Å². The van der Waals surface area contributed by atoms with Gasteiger partial charge >= 0.3 is 10.4 Å². The van der Waals surface area contributed by atoms with Gasteiger partial charge in [-0.1, -0.05) is 0 Å². The largest absolute Gasteiger partial charge is 0.394 e. The van der Waals surface area contributed by atoms with Crippen molar-refractivity contribution in [2.24, 2.45) is 0 Å². The van der Waals surface area contributed by atoms with Gasteiger partial charge in [-0.05, 0) is 0 Å². The Morgan fingerprint density at radius 2 is 1.00 bits per heavy atom. The number of hydrogen-bond acceptors (Lipinski definition) is 4. The van der Waals surface area contributed by atoms with Crippen molar-refractivity contribution in [1.82, 2.24) is 12.3 Å². The summed E-state index contributed by atoms with van der Waals surface area (Å²) in [4.78, 5) is 0. The molecule has 56 valence electrons. The summed E-state index contributed by atoms with van der Waals surface area (Å²) in [5.74, 6) is 0. The number of halogens is 1. The molecule has 0 aromatic rings. The quantitative estimate of drug-likeness (QED) is 0.363. The summed E-state index contributed by atoms with van der Waals surface area (Å²) in [5.41, 5.74) is 0. The van der Waals surface area contributed by atoms with E-state index in [-0.39, 0.29) is 36.3 Å². The third-order valence-electron chi connectivity index (χ3n) is 0. The highest BCUT2D eigenvalue weighted by molar-refractivity contribution is 14.0. The summed E-state index contributed by atoms with van der Waals surface area (Å²) < 4.78 is 31.6. The lowest BCUT2D eigenvalue weighted by atomic mass is 14.0. The Kier molecular flexibility index (Phi) is 22.2. The van der Waals surface area contributed by atoms with E-state index >= 15 is 0 Å². The standard InChI is InChI=1S/HI.2H3N.H2O4S/c;;;1-5(2,3)4/h1H;2*1H3;(H2,1,2,3,4). The zero-order valence-corrected chi connectivity index (χ0v) is 7.09. The summed E-state index contributed by atoms with van der Waals surface area (Å²) in [6, 6.07) is 0. The molecule has 6 nitrogen and oxygen atoms in total. The van der Waals surface area contributed by atoms with Gasteiger partial charge in [-0.15, -0.1) is 24.0 Å².